The van der Waals surface area contributed by atoms with E-state index < -0.39 is 17.2 Å². The van der Waals surface area contributed by atoms with Crippen LogP contribution >= 0.6 is 0 Å². The number of methoxy groups -OCH3 is 2. The third kappa shape index (κ3) is 2.66. The Morgan fingerprint density at radius 1 is 1.03 bits per heavy atom. The highest BCUT2D eigenvalue weighted by Crippen LogP contribution is 2.64. The van der Waals surface area contributed by atoms with Gasteiger partial charge in [-0.15, -0.1) is 6.58 Å². The molecule has 0 spiro atoms. The van der Waals surface area contributed by atoms with Crippen LogP contribution in [0.15, 0.2) is 61.2 Å². The summed E-state index contributed by atoms with van der Waals surface area (Å²) in [5, 5.41) is 28.0. The Labute approximate surface area is 208 Å². The number of H-pyrrole nitrogens is 1. The van der Waals surface area contributed by atoms with Crippen molar-refractivity contribution >= 4 is 16.6 Å². The van der Waals surface area contributed by atoms with E-state index in [1.807, 2.05) is 68.5 Å². The molecule has 0 amide bonds. The van der Waals surface area contributed by atoms with Gasteiger partial charge in [-0.05, 0) is 12.1 Å². The second kappa shape index (κ2) is 7.45. The molecule has 2 aliphatic heterocycles. The maximum absolute atomic E-state index is 12.1. The molecule has 3 aromatic carbocycles. The number of phenolic OH excluding ortho intramolecular Hbond substituents is 1. The largest absolute Gasteiger partial charge is 0.504 e. The number of nitrogens with one attached hydrogen (secondary N) is 2. The molecule has 4 aromatic rings. The lowest BCUT2D eigenvalue weighted by atomic mass is 9.82. The van der Waals surface area contributed by atoms with E-state index >= 15 is 0 Å². The van der Waals surface area contributed by atoms with Crippen LogP contribution in [0.2, 0.25) is 0 Å². The van der Waals surface area contributed by atoms with E-state index in [-0.39, 0.29) is 11.5 Å². The van der Waals surface area contributed by atoms with Gasteiger partial charge in [-0.3, -0.25) is 0 Å². The lowest BCUT2D eigenvalue weighted by Crippen LogP contribution is -2.38. The summed E-state index contributed by atoms with van der Waals surface area (Å²) in [5.74, 6) is 0.638. The fourth-order valence-corrected chi connectivity index (χ4v) is 5.57. The van der Waals surface area contributed by atoms with Crippen molar-refractivity contribution < 1.29 is 24.4 Å². The molecule has 0 fully saturated rings. The highest BCUT2D eigenvalue weighted by atomic mass is 16.6. The highest BCUT2D eigenvalue weighted by Gasteiger charge is 2.58. The van der Waals surface area contributed by atoms with Gasteiger partial charge in [0.1, 0.15) is 0 Å². The number of aliphatic hydroxyl groups is 1. The van der Waals surface area contributed by atoms with Crippen molar-refractivity contribution in [3.63, 3.8) is 0 Å². The second-order valence-corrected chi connectivity index (χ2v) is 9.79. The molecule has 7 heteroatoms. The molecule has 0 aliphatic carbocycles. The van der Waals surface area contributed by atoms with Gasteiger partial charge in [-0.2, -0.15) is 0 Å². The number of benzene rings is 3. The van der Waals surface area contributed by atoms with Crippen molar-refractivity contribution in [3.05, 3.63) is 78.0 Å². The maximum Gasteiger partial charge on any atom is 0.208 e. The molecule has 2 atom stereocenters. The minimum atomic E-state index is -1.58. The Bertz CT molecular complexity index is 1550. The topological polar surface area (TPSA) is 96.0 Å². The van der Waals surface area contributed by atoms with Gasteiger partial charge < -0.3 is 34.7 Å². The summed E-state index contributed by atoms with van der Waals surface area (Å²) in [5.41, 5.74) is 2.63. The quantitative estimate of drug-likeness (QED) is 0.283. The minimum absolute atomic E-state index is 0.136. The number of allylic oxidation sites excluding steroid dienone is 1. The molecule has 0 unspecified atom stereocenters. The van der Waals surface area contributed by atoms with Crippen molar-refractivity contribution in [3.8, 4) is 34.1 Å². The van der Waals surface area contributed by atoms with Gasteiger partial charge >= 0.3 is 0 Å². The Kier molecular flexibility index (Phi) is 4.63. The molecule has 6 rings (SSSR count). The predicted octanol–water partition coefficient (Wildman–Crippen LogP) is 5.40. The predicted molar refractivity (Wildman–Crippen MR) is 139 cm³/mol. The van der Waals surface area contributed by atoms with Crippen LogP contribution < -0.4 is 19.5 Å². The number of ether oxygens (including phenoxy) is 3. The first-order valence-corrected chi connectivity index (χ1v) is 11.8. The molecule has 0 saturated heterocycles. The number of phenols is 1. The SMILES string of the molecule is C=CC(C)(C)c1[nH]c2ccccc2c1-c1c(O)c(OC)c2c(c1OC)O[C@H]1Nc3ccccc3[C@@]21O. The van der Waals surface area contributed by atoms with E-state index in [0.717, 1.165) is 27.8 Å². The number of hydrogen-bond acceptors (Lipinski definition) is 6. The van der Waals surface area contributed by atoms with E-state index in [1.54, 1.807) is 0 Å². The van der Waals surface area contributed by atoms with Crippen molar-refractivity contribution in [2.24, 2.45) is 0 Å². The highest BCUT2D eigenvalue weighted by molar-refractivity contribution is 6.03. The number of hydrogen-bond donors (Lipinski definition) is 4. The van der Waals surface area contributed by atoms with E-state index in [4.69, 9.17) is 14.2 Å². The van der Waals surface area contributed by atoms with E-state index in [2.05, 4.69) is 16.9 Å². The third-order valence-corrected chi connectivity index (χ3v) is 7.48. The first kappa shape index (κ1) is 22.4. The van der Waals surface area contributed by atoms with E-state index in [0.29, 0.717) is 28.2 Å². The molecule has 184 valence electrons. The zero-order valence-corrected chi connectivity index (χ0v) is 20.6. The zero-order chi connectivity index (χ0) is 25.4. The Morgan fingerprint density at radius 2 is 1.72 bits per heavy atom. The molecular formula is C29H28N2O5. The van der Waals surface area contributed by atoms with Crippen molar-refractivity contribution in [1.82, 2.24) is 4.98 Å². The standard InChI is InChI=1S/C29H28N2O5/c1-6-28(2,3)26-19(15-11-7-9-13-17(15)30-26)20-22(32)24(35-5)21-25(23(20)34-4)36-27-29(21,33)16-12-8-10-14-18(16)31-27/h6-14,27,30-33H,1H2,2-5H3/t27-,29-/m1/s1. The monoisotopic (exact) mass is 484 g/mol. The third-order valence-electron chi connectivity index (χ3n) is 7.48. The molecular weight excluding hydrogens is 456 g/mol. The smallest absolute Gasteiger partial charge is 0.208 e. The number of para-hydroxylation sites is 2. The summed E-state index contributed by atoms with van der Waals surface area (Å²) in [6.45, 7) is 8.13. The molecule has 0 bridgehead atoms. The summed E-state index contributed by atoms with van der Waals surface area (Å²) in [4.78, 5) is 3.52. The fraction of sp³-hybridized carbons (Fsp3) is 0.241. The molecule has 1 aromatic heterocycles. The van der Waals surface area contributed by atoms with E-state index in [1.165, 1.54) is 14.2 Å². The molecule has 36 heavy (non-hydrogen) atoms. The zero-order valence-electron chi connectivity index (χ0n) is 20.6. The van der Waals surface area contributed by atoms with Gasteiger partial charge in [0.2, 0.25) is 6.23 Å². The Hall–Kier alpha value is -4.10. The lowest BCUT2D eigenvalue weighted by molar-refractivity contribution is 0.0172. The molecule has 7 nitrogen and oxygen atoms in total. The van der Waals surface area contributed by atoms with Gasteiger partial charge in [0.25, 0.3) is 0 Å². The van der Waals surface area contributed by atoms with Crippen molar-refractivity contribution in [2.75, 3.05) is 19.5 Å². The number of aromatic nitrogens is 1. The van der Waals surface area contributed by atoms with Crippen LogP contribution in [0.25, 0.3) is 22.0 Å². The molecule has 0 radical (unpaired) electrons. The van der Waals surface area contributed by atoms with Gasteiger partial charge in [-0.25, -0.2) is 0 Å². The lowest BCUT2D eigenvalue weighted by Gasteiger charge is -2.26. The Morgan fingerprint density at radius 3 is 2.44 bits per heavy atom. The fourth-order valence-electron chi connectivity index (χ4n) is 5.57. The first-order chi connectivity index (χ1) is 17.3. The summed E-state index contributed by atoms with van der Waals surface area (Å²) in [7, 11) is 3.00. The molecule has 0 saturated carbocycles. The Balaban J connectivity index is 1.73. The van der Waals surface area contributed by atoms with Crippen LogP contribution in [0.5, 0.6) is 23.0 Å². The summed E-state index contributed by atoms with van der Waals surface area (Å²) < 4.78 is 18.0. The van der Waals surface area contributed by atoms with Crippen molar-refractivity contribution in [1.29, 1.82) is 0 Å². The number of aromatic amines is 1. The number of rotatable bonds is 5. The van der Waals surface area contributed by atoms with Crippen molar-refractivity contribution in [2.45, 2.75) is 31.1 Å². The van der Waals surface area contributed by atoms with E-state index in [9.17, 15) is 10.2 Å². The maximum atomic E-state index is 12.1. The molecule has 2 aliphatic rings. The summed E-state index contributed by atoms with van der Waals surface area (Å²) in [6.07, 6.45) is 1.05. The minimum Gasteiger partial charge on any atom is -0.504 e. The van der Waals surface area contributed by atoms with Crippen LogP contribution in [0.1, 0.15) is 30.7 Å². The average molecular weight is 485 g/mol. The van der Waals surface area contributed by atoms with Gasteiger partial charge in [-0.1, -0.05) is 56.3 Å². The van der Waals surface area contributed by atoms with Crippen LogP contribution in [-0.2, 0) is 11.0 Å². The molecule has 4 N–H and O–H groups in total. The van der Waals surface area contributed by atoms with Crippen LogP contribution in [0.3, 0.4) is 0 Å². The summed E-state index contributed by atoms with van der Waals surface area (Å²) >= 11 is 0. The average Bonchev–Trinajstić information content (AvgIpc) is 3.50. The van der Waals surface area contributed by atoms with Crippen LogP contribution in [-0.4, -0.2) is 35.6 Å². The number of fused-ring (bicyclic) bond motifs is 6. The van der Waals surface area contributed by atoms with Crippen LogP contribution in [0.4, 0.5) is 5.69 Å². The van der Waals surface area contributed by atoms with Gasteiger partial charge in [0, 0.05) is 38.8 Å². The summed E-state index contributed by atoms with van der Waals surface area (Å²) in [6, 6.07) is 15.3. The number of aromatic hydroxyl groups is 1. The first-order valence-electron chi connectivity index (χ1n) is 11.8. The van der Waals surface area contributed by atoms with Gasteiger partial charge in [0.15, 0.2) is 28.6 Å². The normalized spacial score (nSPS) is 19.8. The van der Waals surface area contributed by atoms with Gasteiger partial charge in [0.05, 0.1) is 25.3 Å². The molecule has 3 heterocycles. The second-order valence-electron chi connectivity index (χ2n) is 9.79. The number of anilines is 1. The van der Waals surface area contributed by atoms with Crippen LogP contribution in [0, 0.1) is 0 Å².